The second-order valence-corrected chi connectivity index (χ2v) is 5.06. The lowest BCUT2D eigenvalue weighted by Gasteiger charge is -2.19. The van der Waals surface area contributed by atoms with Crippen LogP contribution < -0.4 is 5.32 Å². The molecule has 0 aromatic carbocycles. The van der Waals surface area contributed by atoms with Gasteiger partial charge in [0.2, 0.25) is 5.91 Å². The standard InChI is InChI=1S/C12H17F3N4O/c1-16-10(20)9(6-8-4-2-3-5-8)19-7-17-11(18-19)12(13,14)15/h7-9H,2-6H2,1H3,(H,16,20). The number of nitrogens with one attached hydrogen (secondary N) is 1. The molecule has 0 saturated heterocycles. The number of likely N-dealkylation sites (N-methyl/N-ethyl adjacent to an activating group) is 1. The molecule has 8 heteroatoms. The molecule has 1 atom stereocenters. The van der Waals surface area contributed by atoms with E-state index in [1.165, 1.54) is 7.05 Å². The molecule has 1 amide bonds. The van der Waals surface area contributed by atoms with E-state index >= 15 is 0 Å². The highest BCUT2D eigenvalue weighted by Gasteiger charge is 2.37. The second kappa shape index (κ2) is 5.80. The third kappa shape index (κ3) is 3.29. The van der Waals surface area contributed by atoms with E-state index < -0.39 is 18.0 Å². The molecule has 1 heterocycles. The number of alkyl halides is 3. The molecule has 1 unspecified atom stereocenters. The SMILES string of the molecule is CNC(=O)C(CC1CCCC1)n1cnc(C(F)(F)F)n1. The maximum absolute atomic E-state index is 12.5. The molecule has 1 N–H and O–H groups in total. The molecule has 1 aliphatic rings. The highest BCUT2D eigenvalue weighted by atomic mass is 19.4. The molecule has 20 heavy (non-hydrogen) atoms. The Morgan fingerprint density at radius 3 is 2.65 bits per heavy atom. The van der Waals surface area contributed by atoms with Crippen LogP contribution in [0.1, 0.15) is 44.0 Å². The minimum Gasteiger partial charge on any atom is -0.357 e. The van der Waals surface area contributed by atoms with Crippen molar-refractivity contribution in [3.63, 3.8) is 0 Å². The van der Waals surface area contributed by atoms with Crippen LogP contribution in [-0.4, -0.2) is 27.7 Å². The van der Waals surface area contributed by atoms with Gasteiger partial charge in [-0.15, -0.1) is 5.10 Å². The van der Waals surface area contributed by atoms with Crippen LogP contribution in [0.15, 0.2) is 6.33 Å². The first kappa shape index (κ1) is 14.8. The molecule has 1 saturated carbocycles. The third-order valence-corrected chi connectivity index (χ3v) is 3.66. The third-order valence-electron chi connectivity index (χ3n) is 3.66. The van der Waals surface area contributed by atoms with Crippen LogP contribution in [0.5, 0.6) is 0 Å². The Morgan fingerprint density at radius 2 is 2.15 bits per heavy atom. The van der Waals surface area contributed by atoms with Gasteiger partial charge >= 0.3 is 6.18 Å². The van der Waals surface area contributed by atoms with Crippen molar-refractivity contribution >= 4 is 5.91 Å². The molecule has 112 valence electrons. The molecular formula is C12H17F3N4O. The first-order valence-electron chi connectivity index (χ1n) is 6.61. The topological polar surface area (TPSA) is 59.8 Å². The van der Waals surface area contributed by atoms with Gasteiger partial charge in [-0.2, -0.15) is 13.2 Å². The fraction of sp³-hybridized carbons (Fsp3) is 0.750. The number of halogens is 3. The van der Waals surface area contributed by atoms with Crippen molar-refractivity contribution in [2.45, 2.75) is 44.3 Å². The van der Waals surface area contributed by atoms with Crippen LogP contribution in [0.2, 0.25) is 0 Å². The Morgan fingerprint density at radius 1 is 1.50 bits per heavy atom. The largest absolute Gasteiger partial charge is 0.453 e. The normalized spacial score (nSPS) is 18.2. The number of rotatable bonds is 4. The molecule has 0 aliphatic heterocycles. The highest BCUT2D eigenvalue weighted by Crippen LogP contribution is 2.32. The smallest absolute Gasteiger partial charge is 0.357 e. The Balaban J connectivity index is 2.17. The van der Waals surface area contributed by atoms with Crippen molar-refractivity contribution in [1.82, 2.24) is 20.1 Å². The summed E-state index contributed by atoms with van der Waals surface area (Å²) in [7, 11) is 1.46. The van der Waals surface area contributed by atoms with Crippen LogP contribution in [0.4, 0.5) is 13.2 Å². The summed E-state index contributed by atoms with van der Waals surface area (Å²) >= 11 is 0. The Bertz CT molecular complexity index is 466. The summed E-state index contributed by atoms with van der Waals surface area (Å²) < 4.78 is 38.6. The van der Waals surface area contributed by atoms with Crippen LogP contribution in [-0.2, 0) is 11.0 Å². The van der Waals surface area contributed by atoms with E-state index in [1.54, 1.807) is 0 Å². The summed E-state index contributed by atoms with van der Waals surface area (Å²) in [6, 6.07) is -0.730. The Kier molecular flexibility index (Phi) is 4.29. The number of carbonyl (C=O) groups excluding carboxylic acids is 1. The quantitative estimate of drug-likeness (QED) is 0.924. The molecule has 5 nitrogen and oxygen atoms in total. The average molecular weight is 290 g/mol. The second-order valence-electron chi connectivity index (χ2n) is 5.06. The summed E-state index contributed by atoms with van der Waals surface area (Å²) in [6.07, 6.45) is 1.12. The number of hydrogen-bond acceptors (Lipinski definition) is 3. The summed E-state index contributed by atoms with van der Waals surface area (Å²) in [6.45, 7) is 0. The highest BCUT2D eigenvalue weighted by molar-refractivity contribution is 5.79. The number of nitrogens with zero attached hydrogens (tertiary/aromatic N) is 3. The van der Waals surface area contributed by atoms with Crippen molar-refractivity contribution in [2.75, 3.05) is 7.05 Å². The fourth-order valence-electron chi connectivity index (χ4n) is 2.62. The van der Waals surface area contributed by atoms with E-state index in [0.717, 1.165) is 36.7 Å². The van der Waals surface area contributed by atoms with E-state index in [-0.39, 0.29) is 5.91 Å². The van der Waals surface area contributed by atoms with Gasteiger partial charge in [0.1, 0.15) is 12.4 Å². The molecule has 1 aliphatic carbocycles. The van der Waals surface area contributed by atoms with Crippen molar-refractivity contribution < 1.29 is 18.0 Å². The van der Waals surface area contributed by atoms with Gasteiger partial charge in [-0.1, -0.05) is 25.7 Å². The predicted molar refractivity (Wildman–Crippen MR) is 64.7 cm³/mol. The average Bonchev–Trinajstić information content (AvgIpc) is 3.05. The summed E-state index contributed by atoms with van der Waals surface area (Å²) in [5.41, 5.74) is 0. The minimum atomic E-state index is -4.59. The number of aromatic nitrogens is 3. The van der Waals surface area contributed by atoms with Crippen LogP contribution >= 0.6 is 0 Å². The lowest BCUT2D eigenvalue weighted by atomic mass is 9.98. The maximum atomic E-state index is 12.5. The Hall–Kier alpha value is -1.60. The summed E-state index contributed by atoms with van der Waals surface area (Å²) in [5.74, 6) is -1.19. The molecule has 2 rings (SSSR count). The first-order chi connectivity index (χ1) is 9.41. The molecule has 1 aromatic heterocycles. The molecular weight excluding hydrogens is 273 g/mol. The first-order valence-corrected chi connectivity index (χ1v) is 6.61. The zero-order valence-corrected chi connectivity index (χ0v) is 11.2. The van der Waals surface area contributed by atoms with Gasteiger partial charge < -0.3 is 5.32 Å². The number of carbonyl (C=O) groups is 1. The summed E-state index contributed by atoms with van der Waals surface area (Å²) in [4.78, 5) is 15.1. The van der Waals surface area contributed by atoms with Crippen molar-refractivity contribution in [3.05, 3.63) is 12.2 Å². The van der Waals surface area contributed by atoms with Gasteiger partial charge in [-0.25, -0.2) is 9.67 Å². The number of amides is 1. The molecule has 0 bridgehead atoms. The zero-order valence-electron chi connectivity index (χ0n) is 11.2. The van der Waals surface area contributed by atoms with Crippen molar-refractivity contribution in [3.8, 4) is 0 Å². The van der Waals surface area contributed by atoms with Gasteiger partial charge in [0.05, 0.1) is 0 Å². The van der Waals surface area contributed by atoms with Crippen molar-refractivity contribution in [1.29, 1.82) is 0 Å². The summed E-state index contributed by atoms with van der Waals surface area (Å²) in [5, 5.41) is 5.89. The van der Waals surface area contributed by atoms with Crippen molar-refractivity contribution in [2.24, 2.45) is 5.92 Å². The van der Waals surface area contributed by atoms with Gasteiger partial charge in [-0.3, -0.25) is 4.79 Å². The molecule has 0 radical (unpaired) electrons. The molecule has 1 aromatic rings. The lowest BCUT2D eigenvalue weighted by molar-refractivity contribution is -0.145. The fourth-order valence-corrected chi connectivity index (χ4v) is 2.62. The van der Waals surface area contributed by atoms with Crippen LogP contribution in [0, 0.1) is 5.92 Å². The Labute approximate surface area is 114 Å². The molecule has 0 spiro atoms. The lowest BCUT2D eigenvalue weighted by Crippen LogP contribution is -2.31. The van der Waals surface area contributed by atoms with E-state index in [4.69, 9.17) is 0 Å². The van der Waals surface area contributed by atoms with Gasteiger partial charge in [0, 0.05) is 7.05 Å². The zero-order chi connectivity index (χ0) is 14.8. The van der Waals surface area contributed by atoms with E-state index in [9.17, 15) is 18.0 Å². The van der Waals surface area contributed by atoms with E-state index in [0.29, 0.717) is 12.3 Å². The number of hydrogen-bond donors (Lipinski definition) is 1. The van der Waals surface area contributed by atoms with Gasteiger partial charge in [-0.05, 0) is 12.3 Å². The van der Waals surface area contributed by atoms with Crippen LogP contribution in [0.25, 0.3) is 0 Å². The monoisotopic (exact) mass is 290 g/mol. The van der Waals surface area contributed by atoms with E-state index in [1.807, 2.05) is 0 Å². The minimum absolute atomic E-state index is 0.337. The van der Waals surface area contributed by atoms with Gasteiger partial charge in [0.15, 0.2) is 0 Å². The van der Waals surface area contributed by atoms with Gasteiger partial charge in [0.25, 0.3) is 5.82 Å². The molecule has 1 fully saturated rings. The van der Waals surface area contributed by atoms with E-state index in [2.05, 4.69) is 15.4 Å². The maximum Gasteiger partial charge on any atom is 0.453 e. The predicted octanol–water partition coefficient (Wildman–Crippen LogP) is 2.16. The van der Waals surface area contributed by atoms with Crippen LogP contribution in [0.3, 0.4) is 0 Å².